The highest BCUT2D eigenvalue weighted by atomic mass is 32.1. The van der Waals surface area contributed by atoms with Gasteiger partial charge in [0.1, 0.15) is 0 Å². The molecule has 0 aliphatic carbocycles. The fourth-order valence-corrected chi connectivity index (χ4v) is 3.14. The van der Waals surface area contributed by atoms with Crippen LogP contribution in [0.5, 0.6) is 0 Å². The van der Waals surface area contributed by atoms with Crippen LogP contribution in [0.1, 0.15) is 29.1 Å². The lowest BCUT2D eigenvalue weighted by molar-refractivity contribution is 0.612. The summed E-state index contributed by atoms with van der Waals surface area (Å²) in [5, 5.41) is 12.2. The van der Waals surface area contributed by atoms with Crippen LogP contribution in [0, 0.1) is 6.92 Å². The molecule has 0 aliphatic rings. The molecular formula is C15H19N5S. The van der Waals surface area contributed by atoms with Crippen molar-refractivity contribution < 1.29 is 0 Å². The van der Waals surface area contributed by atoms with Crippen LogP contribution in [0.2, 0.25) is 0 Å². The summed E-state index contributed by atoms with van der Waals surface area (Å²) >= 11 is 1.71. The summed E-state index contributed by atoms with van der Waals surface area (Å²) in [6, 6.07) is 2.17. The second-order valence-electron chi connectivity index (χ2n) is 5.33. The van der Waals surface area contributed by atoms with E-state index in [4.69, 9.17) is 0 Å². The first-order chi connectivity index (χ1) is 10.1. The number of thiazole rings is 1. The van der Waals surface area contributed by atoms with Crippen LogP contribution in [0.25, 0.3) is 11.0 Å². The maximum absolute atomic E-state index is 4.50. The molecule has 0 spiro atoms. The average molecular weight is 301 g/mol. The molecule has 0 saturated carbocycles. The predicted molar refractivity (Wildman–Crippen MR) is 85.5 cm³/mol. The first-order valence-electron chi connectivity index (χ1n) is 7.03. The van der Waals surface area contributed by atoms with Gasteiger partial charge in [-0.1, -0.05) is 6.92 Å². The number of pyridine rings is 1. The zero-order valence-corrected chi connectivity index (χ0v) is 13.3. The minimum absolute atomic E-state index is 0.432. The van der Waals surface area contributed by atoms with Crippen LogP contribution in [-0.2, 0) is 13.6 Å². The largest absolute Gasteiger partial charge is 0.312 e. The summed E-state index contributed by atoms with van der Waals surface area (Å²) in [5.74, 6) is 0.432. The molecule has 1 N–H and O–H groups in total. The molecule has 3 aromatic rings. The van der Waals surface area contributed by atoms with Crippen molar-refractivity contribution in [2.24, 2.45) is 7.05 Å². The number of rotatable bonds is 5. The fraction of sp³-hybridized carbons (Fsp3) is 0.400. The van der Waals surface area contributed by atoms with E-state index in [9.17, 15) is 0 Å². The van der Waals surface area contributed by atoms with E-state index in [0.29, 0.717) is 5.92 Å². The van der Waals surface area contributed by atoms with Crippen molar-refractivity contribution in [3.05, 3.63) is 40.1 Å². The molecule has 1 atom stereocenters. The van der Waals surface area contributed by atoms with Crippen molar-refractivity contribution in [1.82, 2.24) is 25.1 Å². The van der Waals surface area contributed by atoms with Gasteiger partial charge in [-0.15, -0.1) is 11.3 Å². The molecule has 0 saturated heterocycles. The maximum atomic E-state index is 4.50. The Morgan fingerprint density at radius 3 is 3.00 bits per heavy atom. The summed E-state index contributed by atoms with van der Waals surface area (Å²) < 4.78 is 1.83. The molecule has 0 bridgehead atoms. The Hall–Kier alpha value is -1.79. The zero-order chi connectivity index (χ0) is 14.8. The Bertz CT molecular complexity index is 732. The Labute approximate surface area is 128 Å². The third-order valence-corrected chi connectivity index (χ3v) is 4.58. The summed E-state index contributed by atoms with van der Waals surface area (Å²) in [5.41, 5.74) is 3.15. The topological polar surface area (TPSA) is 55.6 Å². The van der Waals surface area contributed by atoms with Gasteiger partial charge in [0, 0.05) is 49.2 Å². The average Bonchev–Trinajstić information content (AvgIpc) is 3.09. The van der Waals surface area contributed by atoms with Gasteiger partial charge in [-0.3, -0.25) is 4.68 Å². The Balaban J connectivity index is 1.64. The standard InChI is InChI=1S/C15H19N5S/c1-10(15-17-4-5-21-15)7-16-8-12-6-13-11(2)19-20(3)14(13)18-9-12/h4-6,9-10,16H,7-8H2,1-3H3. The van der Waals surface area contributed by atoms with Gasteiger partial charge in [0.2, 0.25) is 0 Å². The van der Waals surface area contributed by atoms with Crippen molar-refractivity contribution in [2.75, 3.05) is 6.54 Å². The predicted octanol–water partition coefficient (Wildman–Crippen LogP) is 2.63. The first-order valence-corrected chi connectivity index (χ1v) is 7.91. The van der Waals surface area contributed by atoms with Gasteiger partial charge in [0.05, 0.1) is 10.7 Å². The lowest BCUT2D eigenvalue weighted by Gasteiger charge is -2.10. The normalized spacial score (nSPS) is 12.9. The summed E-state index contributed by atoms with van der Waals surface area (Å²) in [6.45, 7) is 5.94. The highest BCUT2D eigenvalue weighted by Crippen LogP contribution is 2.18. The number of hydrogen-bond acceptors (Lipinski definition) is 5. The van der Waals surface area contributed by atoms with Crippen LogP contribution >= 0.6 is 11.3 Å². The van der Waals surface area contributed by atoms with Gasteiger partial charge in [0.25, 0.3) is 0 Å². The molecular weight excluding hydrogens is 282 g/mol. The van der Waals surface area contributed by atoms with Crippen molar-refractivity contribution >= 4 is 22.4 Å². The van der Waals surface area contributed by atoms with Crippen molar-refractivity contribution in [2.45, 2.75) is 26.3 Å². The van der Waals surface area contributed by atoms with E-state index in [1.54, 1.807) is 11.3 Å². The monoisotopic (exact) mass is 301 g/mol. The minimum Gasteiger partial charge on any atom is -0.312 e. The number of aryl methyl sites for hydroxylation is 2. The molecule has 3 heterocycles. The number of aromatic nitrogens is 4. The lowest BCUT2D eigenvalue weighted by atomic mass is 10.1. The number of fused-ring (bicyclic) bond motifs is 1. The van der Waals surface area contributed by atoms with Gasteiger partial charge in [-0.25, -0.2) is 9.97 Å². The highest BCUT2D eigenvalue weighted by molar-refractivity contribution is 7.09. The minimum atomic E-state index is 0.432. The van der Waals surface area contributed by atoms with Crippen LogP contribution in [0.15, 0.2) is 23.8 Å². The molecule has 1 unspecified atom stereocenters. The van der Waals surface area contributed by atoms with Crippen LogP contribution < -0.4 is 5.32 Å². The van der Waals surface area contributed by atoms with E-state index in [1.165, 1.54) is 10.6 Å². The summed E-state index contributed by atoms with van der Waals surface area (Å²) in [6.07, 6.45) is 3.78. The van der Waals surface area contributed by atoms with Gasteiger partial charge in [-0.05, 0) is 18.6 Å². The first kappa shape index (κ1) is 14.2. The smallest absolute Gasteiger partial charge is 0.157 e. The van der Waals surface area contributed by atoms with Crippen molar-refractivity contribution in [3.63, 3.8) is 0 Å². The van der Waals surface area contributed by atoms with E-state index in [2.05, 4.69) is 33.4 Å². The Kier molecular flexibility index (Phi) is 3.98. The zero-order valence-electron chi connectivity index (χ0n) is 12.5. The summed E-state index contributed by atoms with van der Waals surface area (Å²) in [4.78, 5) is 8.85. The van der Waals surface area contributed by atoms with Crippen LogP contribution in [-0.4, -0.2) is 26.3 Å². The molecule has 0 radical (unpaired) electrons. The molecule has 21 heavy (non-hydrogen) atoms. The second kappa shape index (κ2) is 5.91. The van der Waals surface area contributed by atoms with Crippen molar-refractivity contribution in [3.8, 4) is 0 Å². The van der Waals surface area contributed by atoms with E-state index in [1.807, 2.05) is 36.4 Å². The number of nitrogens with one attached hydrogen (secondary N) is 1. The Morgan fingerprint density at radius 1 is 1.38 bits per heavy atom. The second-order valence-corrected chi connectivity index (χ2v) is 6.25. The van der Waals surface area contributed by atoms with E-state index in [0.717, 1.165) is 29.8 Å². The molecule has 3 aromatic heterocycles. The van der Waals surface area contributed by atoms with Gasteiger partial charge in [0.15, 0.2) is 5.65 Å². The third kappa shape index (κ3) is 2.96. The molecule has 0 amide bonds. The molecule has 6 heteroatoms. The molecule has 0 aromatic carbocycles. The van der Waals surface area contributed by atoms with Crippen molar-refractivity contribution in [1.29, 1.82) is 0 Å². The highest BCUT2D eigenvalue weighted by Gasteiger charge is 2.09. The third-order valence-electron chi connectivity index (χ3n) is 3.57. The quantitative estimate of drug-likeness (QED) is 0.787. The molecule has 110 valence electrons. The molecule has 5 nitrogen and oxygen atoms in total. The summed E-state index contributed by atoms with van der Waals surface area (Å²) in [7, 11) is 1.93. The van der Waals surface area contributed by atoms with Gasteiger partial charge < -0.3 is 5.32 Å². The molecule has 0 fully saturated rings. The van der Waals surface area contributed by atoms with Gasteiger partial charge >= 0.3 is 0 Å². The number of hydrogen-bond donors (Lipinski definition) is 1. The van der Waals surface area contributed by atoms with E-state index in [-0.39, 0.29) is 0 Å². The van der Waals surface area contributed by atoms with Crippen LogP contribution in [0.4, 0.5) is 0 Å². The van der Waals surface area contributed by atoms with Crippen LogP contribution in [0.3, 0.4) is 0 Å². The lowest BCUT2D eigenvalue weighted by Crippen LogP contribution is -2.19. The molecule has 3 rings (SSSR count). The van der Waals surface area contributed by atoms with E-state index < -0.39 is 0 Å². The number of nitrogens with zero attached hydrogens (tertiary/aromatic N) is 4. The van der Waals surface area contributed by atoms with E-state index >= 15 is 0 Å². The SMILES string of the molecule is Cc1nn(C)c2ncc(CNCC(C)c3nccs3)cc12. The maximum Gasteiger partial charge on any atom is 0.157 e. The molecule has 0 aliphatic heterocycles. The fourth-order valence-electron chi connectivity index (χ4n) is 2.45. The van der Waals surface area contributed by atoms with Gasteiger partial charge in [-0.2, -0.15) is 5.10 Å². The Morgan fingerprint density at radius 2 is 2.24 bits per heavy atom.